The van der Waals surface area contributed by atoms with Crippen LogP contribution < -0.4 is 0 Å². The zero-order chi connectivity index (χ0) is 27.4. The van der Waals surface area contributed by atoms with Crippen molar-refractivity contribution in [1.29, 1.82) is 0 Å². The molecule has 0 amide bonds. The Bertz CT molecular complexity index is 936. The summed E-state index contributed by atoms with van der Waals surface area (Å²) in [5.74, 6) is 1.27. The molecule has 0 aromatic heterocycles. The van der Waals surface area contributed by atoms with Crippen molar-refractivity contribution in [3.05, 3.63) is 29.3 Å². The predicted octanol–water partition coefficient (Wildman–Crippen LogP) is 7.47. The molecule has 1 aromatic rings. The first-order valence-electron chi connectivity index (χ1n) is 12.3. The SMILES string of the molecule is C[C@@]12CCC3c4ccc(O)cc4CCC3C1CC[C@H]2OCCCOC(C(F)(F)F)(C(F)(F)F)C(F)(F)F. The molecule has 4 rings (SSSR count). The van der Waals surface area contributed by atoms with Crippen LogP contribution in [0.15, 0.2) is 18.2 Å². The van der Waals surface area contributed by atoms with E-state index in [4.69, 9.17) is 4.74 Å². The third-order valence-corrected chi connectivity index (χ3v) is 8.75. The molecule has 3 unspecified atom stereocenters. The van der Waals surface area contributed by atoms with Gasteiger partial charge in [0.25, 0.3) is 0 Å². The second-order valence-corrected chi connectivity index (χ2v) is 10.7. The smallest absolute Gasteiger partial charge is 0.435 e. The molecule has 3 nitrogen and oxygen atoms in total. The van der Waals surface area contributed by atoms with E-state index in [2.05, 4.69) is 11.7 Å². The molecule has 37 heavy (non-hydrogen) atoms. The molecule has 2 fully saturated rings. The fraction of sp³-hybridized carbons (Fsp3) is 0.760. The van der Waals surface area contributed by atoms with E-state index >= 15 is 0 Å². The lowest BCUT2D eigenvalue weighted by Gasteiger charge is -2.50. The van der Waals surface area contributed by atoms with Gasteiger partial charge in [-0.1, -0.05) is 13.0 Å². The van der Waals surface area contributed by atoms with Gasteiger partial charge in [-0.3, -0.25) is 0 Å². The molecule has 0 radical (unpaired) electrons. The molecule has 12 heteroatoms. The minimum absolute atomic E-state index is 0.231. The van der Waals surface area contributed by atoms with Gasteiger partial charge >= 0.3 is 24.1 Å². The third-order valence-electron chi connectivity index (χ3n) is 8.75. The lowest BCUT2D eigenvalue weighted by atomic mass is 9.55. The topological polar surface area (TPSA) is 38.7 Å². The molecule has 1 aromatic carbocycles. The molecule has 2 saturated carbocycles. The summed E-state index contributed by atoms with van der Waals surface area (Å²) in [6.45, 7) is 0.350. The van der Waals surface area contributed by atoms with Crippen LogP contribution in [-0.2, 0) is 15.9 Å². The molecule has 1 N–H and O–H groups in total. The van der Waals surface area contributed by atoms with Crippen LogP contribution in [0.5, 0.6) is 5.75 Å². The minimum Gasteiger partial charge on any atom is -0.508 e. The molecule has 3 aliphatic carbocycles. The molecule has 0 bridgehead atoms. The van der Waals surface area contributed by atoms with E-state index in [9.17, 15) is 44.6 Å². The summed E-state index contributed by atoms with van der Waals surface area (Å²) in [6.07, 6.45) is -16.1. The van der Waals surface area contributed by atoms with Gasteiger partial charge in [0.15, 0.2) is 0 Å². The Morgan fingerprint density at radius 2 is 1.54 bits per heavy atom. The normalized spacial score (nSPS) is 30.5. The lowest BCUT2D eigenvalue weighted by molar-refractivity contribution is -0.457. The van der Waals surface area contributed by atoms with E-state index in [1.807, 2.05) is 6.07 Å². The van der Waals surface area contributed by atoms with Crippen LogP contribution in [0.2, 0.25) is 0 Å². The number of rotatable bonds is 6. The Morgan fingerprint density at radius 1 is 0.892 bits per heavy atom. The predicted molar refractivity (Wildman–Crippen MR) is 114 cm³/mol. The molecule has 5 atom stereocenters. The van der Waals surface area contributed by atoms with Crippen molar-refractivity contribution >= 4 is 0 Å². The summed E-state index contributed by atoms with van der Waals surface area (Å²) < 4.78 is 126. The van der Waals surface area contributed by atoms with Crippen LogP contribution in [0.3, 0.4) is 0 Å². The standard InChI is InChI=1S/C25H29F9O3/c1-21-10-9-17-16-6-4-15(35)13-14(16)3-5-18(17)19(21)7-8-20(21)36-11-2-12-37-22(23(26,27)28,24(29,30)31)25(32,33)34/h4,6,13,17-20,35H,2-3,5,7-12H2,1H3/t17?,18?,19?,20-,21-/m1/s1. The highest BCUT2D eigenvalue weighted by atomic mass is 19.4. The maximum absolute atomic E-state index is 13.0. The van der Waals surface area contributed by atoms with Gasteiger partial charge in [-0.25, -0.2) is 0 Å². The van der Waals surface area contributed by atoms with Crippen molar-refractivity contribution in [2.75, 3.05) is 13.2 Å². The first-order valence-corrected chi connectivity index (χ1v) is 12.3. The molecule has 0 aliphatic heterocycles. The molecular weight excluding hydrogens is 519 g/mol. The van der Waals surface area contributed by atoms with Crippen LogP contribution >= 0.6 is 0 Å². The maximum Gasteiger partial charge on any atom is 0.435 e. The molecule has 210 valence electrons. The molecule has 0 saturated heterocycles. The van der Waals surface area contributed by atoms with Gasteiger partial charge in [-0.05, 0) is 91.4 Å². The largest absolute Gasteiger partial charge is 0.508 e. The van der Waals surface area contributed by atoms with E-state index in [1.54, 1.807) is 12.1 Å². The summed E-state index contributed by atoms with van der Waals surface area (Å²) in [4.78, 5) is 0. The maximum atomic E-state index is 13.0. The van der Waals surface area contributed by atoms with Crippen molar-refractivity contribution < 1.29 is 54.1 Å². The average Bonchev–Trinajstić information content (AvgIpc) is 3.09. The Balaban J connectivity index is 1.37. The van der Waals surface area contributed by atoms with Crippen molar-refractivity contribution in [2.45, 2.75) is 88.0 Å². The highest BCUT2D eigenvalue weighted by molar-refractivity contribution is 5.40. The number of ether oxygens (including phenoxy) is 2. The minimum atomic E-state index is -6.73. The summed E-state index contributed by atoms with van der Waals surface area (Å²) in [5, 5.41) is 9.80. The number of hydrogen-bond acceptors (Lipinski definition) is 3. The first kappa shape index (κ1) is 28.3. The fourth-order valence-corrected chi connectivity index (χ4v) is 7.03. The van der Waals surface area contributed by atoms with Gasteiger partial charge in [0.2, 0.25) is 0 Å². The number of aryl methyl sites for hydroxylation is 1. The van der Waals surface area contributed by atoms with Gasteiger partial charge in [-0.15, -0.1) is 0 Å². The van der Waals surface area contributed by atoms with Crippen molar-refractivity contribution in [3.63, 3.8) is 0 Å². The zero-order valence-corrected chi connectivity index (χ0v) is 20.1. The number of alkyl halides is 9. The number of benzene rings is 1. The van der Waals surface area contributed by atoms with Crippen LogP contribution in [0, 0.1) is 17.3 Å². The Morgan fingerprint density at radius 3 is 2.16 bits per heavy atom. The summed E-state index contributed by atoms with van der Waals surface area (Å²) in [6, 6.07) is 5.45. The van der Waals surface area contributed by atoms with Gasteiger partial charge < -0.3 is 14.6 Å². The number of phenolic OH excluding ortho intramolecular Hbond substituents is 1. The van der Waals surface area contributed by atoms with Gasteiger partial charge in [0.1, 0.15) is 5.75 Å². The van der Waals surface area contributed by atoms with Crippen molar-refractivity contribution in [2.24, 2.45) is 17.3 Å². The van der Waals surface area contributed by atoms with Crippen LogP contribution in [0.1, 0.15) is 62.5 Å². The number of fused-ring (bicyclic) bond motifs is 5. The number of halogens is 9. The highest BCUT2D eigenvalue weighted by Crippen LogP contribution is 2.61. The third kappa shape index (κ3) is 4.70. The van der Waals surface area contributed by atoms with Crippen LogP contribution in [0.4, 0.5) is 39.5 Å². The Hall–Kier alpha value is -1.69. The summed E-state index contributed by atoms with van der Waals surface area (Å²) >= 11 is 0. The van der Waals surface area contributed by atoms with Gasteiger partial charge in [0, 0.05) is 6.61 Å². The van der Waals surface area contributed by atoms with Crippen LogP contribution in [-0.4, -0.2) is 48.6 Å². The number of aromatic hydroxyl groups is 1. The molecule has 0 heterocycles. The Kier molecular flexibility index (Phi) is 7.27. The van der Waals surface area contributed by atoms with E-state index < -0.39 is 37.2 Å². The fourth-order valence-electron chi connectivity index (χ4n) is 7.03. The second kappa shape index (κ2) is 9.50. The van der Waals surface area contributed by atoms with E-state index in [0.29, 0.717) is 24.2 Å². The lowest BCUT2D eigenvalue weighted by Crippen LogP contribution is -2.67. The first-order chi connectivity index (χ1) is 17.0. The average molecular weight is 548 g/mol. The molecular formula is C25H29F9O3. The Labute approximate surface area is 208 Å². The number of hydrogen-bond donors (Lipinski definition) is 1. The monoisotopic (exact) mass is 548 g/mol. The molecule has 0 spiro atoms. The second-order valence-electron chi connectivity index (χ2n) is 10.7. The van der Waals surface area contributed by atoms with Crippen molar-refractivity contribution in [1.82, 2.24) is 0 Å². The zero-order valence-electron chi connectivity index (χ0n) is 20.1. The van der Waals surface area contributed by atoms with E-state index in [-0.39, 0.29) is 23.9 Å². The van der Waals surface area contributed by atoms with Gasteiger partial charge in [0.05, 0.1) is 12.7 Å². The number of phenols is 1. The quantitative estimate of drug-likeness (QED) is 0.296. The van der Waals surface area contributed by atoms with Crippen LogP contribution in [0.25, 0.3) is 0 Å². The highest BCUT2D eigenvalue weighted by Gasteiger charge is 2.85. The van der Waals surface area contributed by atoms with E-state index in [1.165, 1.54) is 5.56 Å². The van der Waals surface area contributed by atoms with Crippen molar-refractivity contribution in [3.8, 4) is 5.75 Å². The van der Waals surface area contributed by atoms with Gasteiger partial charge in [-0.2, -0.15) is 39.5 Å². The van der Waals surface area contributed by atoms with E-state index in [0.717, 1.165) is 37.7 Å². The summed E-state index contributed by atoms with van der Waals surface area (Å²) in [7, 11) is 0. The molecule has 3 aliphatic rings. The summed E-state index contributed by atoms with van der Waals surface area (Å²) in [5.41, 5.74) is -4.11.